The summed E-state index contributed by atoms with van der Waals surface area (Å²) in [5.74, 6) is -2.61. The minimum atomic E-state index is -4.09. The number of carbonyl (C=O) groups is 1. The summed E-state index contributed by atoms with van der Waals surface area (Å²) in [6, 6.07) is 5.63. The summed E-state index contributed by atoms with van der Waals surface area (Å²) in [5, 5.41) is 24.2. The summed E-state index contributed by atoms with van der Waals surface area (Å²) in [4.78, 5) is 25.2. The predicted octanol–water partition coefficient (Wildman–Crippen LogP) is 4.47. The van der Waals surface area contributed by atoms with Crippen LogP contribution >= 0.6 is 7.60 Å². The first-order valence-electron chi connectivity index (χ1n) is 11.9. The Balaban J connectivity index is 2.27. The van der Waals surface area contributed by atoms with Crippen LogP contribution < -0.4 is 5.11 Å². The molecule has 0 amide bonds. The molecule has 2 aliphatic rings. The second-order valence-electron chi connectivity index (χ2n) is 10.0. The molecule has 1 saturated heterocycles. The second-order valence-corrected chi connectivity index (χ2v) is 11.8. The van der Waals surface area contributed by atoms with Gasteiger partial charge in [0, 0.05) is 48.2 Å². The van der Waals surface area contributed by atoms with Gasteiger partial charge in [-0.1, -0.05) is 19.1 Å². The third kappa shape index (κ3) is 5.00. The van der Waals surface area contributed by atoms with Crippen LogP contribution in [-0.2, 0) is 23.1 Å². The number of hydrogen-bond donors (Lipinski definition) is 0. The first-order valence-corrected chi connectivity index (χ1v) is 13.5. The van der Waals surface area contributed by atoms with E-state index in [0.717, 1.165) is 6.42 Å². The van der Waals surface area contributed by atoms with Crippen molar-refractivity contribution in [2.45, 2.75) is 72.0 Å². The second kappa shape index (κ2) is 10.1. The van der Waals surface area contributed by atoms with Gasteiger partial charge < -0.3 is 19.5 Å². The molecule has 1 aromatic rings. The number of non-ortho nitro benzene ring substituents is 1. The molecule has 2 aliphatic heterocycles. The molecule has 3 rings (SSSR count). The zero-order chi connectivity index (χ0) is 27.1. The lowest BCUT2D eigenvalue weighted by molar-refractivity contribution is -0.384. The molecule has 0 aliphatic carbocycles. The van der Waals surface area contributed by atoms with Gasteiger partial charge in [0.05, 0.1) is 22.8 Å². The van der Waals surface area contributed by atoms with Crippen LogP contribution in [0.1, 0.15) is 66.4 Å². The van der Waals surface area contributed by atoms with E-state index in [2.05, 4.69) is 0 Å². The summed E-state index contributed by atoms with van der Waals surface area (Å²) in [6.45, 7) is 13.5. The van der Waals surface area contributed by atoms with Gasteiger partial charge in [-0.25, -0.2) is 0 Å². The van der Waals surface area contributed by atoms with Crippen LogP contribution in [0.15, 0.2) is 46.5 Å². The van der Waals surface area contributed by atoms with Gasteiger partial charge in [0.2, 0.25) is 0 Å². The van der Waals surface area contributed by atoms with E-state index in [1.165, 1.54) is 18.2 Å². The molecular formula is C25H34N2O8P-. The highest BCUT2D eigenvalue weighted by Crippen LogP contribution is 2.73. The van der Waals surface area contributed by atoms with Crippen LogP contribution in [0.4, 0.5) is 5.69 Å². The van der Waals surface area contributed by atoms with Gasteiger partial charge in [0.1, 0.15) is 11.2 Å². The summed E-state index contributed by atoms with van der Waals surface area (Å²) in [6.07, 6.45) is 0.828. The Morgan fingerprint density at radius 2 is 1.75 bits per heavy atom. The molecule has 0 spiro atoms. The smallest absolute Gasteiger partial charge is 0.361 e. The zero-order valence-corrected chi connectivity index (χ0v) is 22.7. The Bertz CT molecular complexity index is 1150. The maximum Gasteiger partial charge on any atom is 0.361 e. The molecule has 1 atom stereocenters. The van der Waals surface area contributed by atoms with Crippen molar-refractivity contribution in [3.05, 3.63) is 62.2 Å². The lowest BCUT2D eigenvalue weighted by atomic mass is 9.85. The van der Waals surface area contributed by atoms with E-state index in [1.807, 2.05) is 6.92 Å². The molecule has 198 valence electrons. The van der Waals surface area contributed by atoms with Crippen molar-refractivity contribution in [1.29, 1.82) is 0 Å². The van der Waals surface area contributed by atoms with Gasteiger partial charge in [0.15, 0.2) is 0 Å². The lowest BCUT2D eigenvalue weighted by Gasteiger charge is -2.40. The molecule has 0 N–H and O–H groups in total. The Labute approximate surface area is 211 Å². The topological polar surface area (TPSA) is 131 Å². The van der Waals surface area contributed by atoms with Crippen molar-refractivity contribution < 1.29 is 33.2 Å². The highest BCUT2D eigenvalue weighted by Gasteiger charge is 2.59. The van der Waals surface area contributed by atoms with Gasteiger partial charge in [-0.15, -0.1) is 0 Å². The number of nitrogens with zero attached hydrogens (tertiary/aromatic N) is 2. The molecule has 2 heterocycles. The first-order chi connectivity index (χ1) is 16.7. The Morgan fingerprint density at radius 3 is 2.28 bits per heavy atom. The van der Waals surface area contributed by atoms with Crippen molar-refractivity contribution in [2.24, 2.45) is 0 Å². The first kappa shape index (κ1) is 28.1. The number of carboxylic acids is 1. The van der Waals surface area contributed by atoms with E-state index in [4.69, 9.17) is 13.8 Å². The van der Waals surface area contributed by atoms with Gasteiger partial charge in [-0.3, -0.25) is 23.7 Å². The molecule has 1 unspecified atom stereocenters. The van der Waals surface area contributed by atoms with Crippen LogP contribution in [0.2, 0.25) is 0 Å². The number of ether oxygens (including phenoxy) is 1. The molecular weight excluding hydrogens is 487 g/mol. The number of aliphatic carboxylic acids is 1. The number of carbonyl (C=O) groups excluding carboxylic acids is 1. The quantitative estimate of drug-likeness (QED) is 0.200. The SMILES string of the molecule is CCCOCCN1C(C)=C(C(=O)[O-])C(c2cccc([N+](=O)[O-])c2)C(P2(=O)OC(C)(C)C(C)(C)O2)=C1C. The van der Waals surface area contributed by atoms with E-state index < -0.39 is 35.6 Å². The summed E-state index contributed by atoms with van der Waals surface area (Å²) in [7, 11) is -4.09. The maximum atomic E-state index is 14.5. The number of rotatable bonds is 9. The van der Waals surface area contributed by atoms with Gasteiger partial charge >= 0.3 is 7.60 Å². The highest BCUT2D eigenvalue weighted by molar-refractivity contribution is 7.59. The number of carboxylic acid groups (broad SMARTS) is 1. The minimum absolute atomic E-state index is 0.127. The van der Waals surface area contributed by atoms with Crippen LogP contribution in [0, 0.1) is 10.1 Å². The monoisotopic (exact) mass is 521 g/mol. The van der Waals surface area contributed by atoms with Crippen molar-refractivity contribution in [2.75, 3.05) is 19.8 Å². The highest BCUT2D eigenvalue weighted by atomic mass is 31.2. The molecule has 10 nitrogen and oxygen atoms in total. The molecule has 0 aromatic heterocycles. The number of nitro groups is 1. The number of hydrogen-bond acceptors (Lipinski definition) is 9. The summed E-state index contributed by atoms with van der Waals surface area (Å²) in [5.41, 5.74) is -1.16. The summed E-state index contributed by atoms with van der Waals surface area (Å²) < 4.78 is 32.3. The molecule has 0 radical (unpaired) electrons. The Kier molecular flexibility index (Phi) is 7.86. The van der Waals surface area contributed by atoms with Gasteiger partial charge in [-0.05, 0) is 53.5 Å². The van der Waals surface area contributed by atoms with E-state index in [1.54, 1.807) is 52.5 Å². The van der Waals surface area contributed by atoms with Crippen molar-refractivity contribution in [3.8, 4) is 0 Å². The zero-order valence-electron chi connectivity index (χ0n) is 21.8. The van der Waals surface area contributed by atoms with E-state index in [0.29, 0.717) is 31.2 Å². The molecule has 0 bridgehead atoms. The number of benzene rings is 1. The van der Waals surface area contributed by atoms with Crippen LogP contribution in [0.25, 0.3) is 0 Å². The normalized spacial score (nSPS) is 22.8. The van der Waals surface area contributed by atoms with Crippen molar-refractivity contribution in [3.63, 3.8) is 0 Å². The van der Waals surface area contributed by atoms with Crippen LogP contribution in [0.3, 0.4) is 0 Å². The van der Waals surface area contributed by atoms with Gasteiger partial charge in [-0.2, -0.15) is 0 Å². The fraction of sp³-hybridized carbons (Fsp3) is 0.560. The molecule has 0 saturated carbocycles. The average Bonchev–Trinajstić information content (AvgIpc) is 2.94. The summed E-state index contributed by atoms with van der Waals surface area (Å²) >= 11 is 0. The predicted molar refractivity (Wildman–Crippen MR) is 132 cm³/mol. The Morgan fingerprint density at radius 1 is 1.14 bits per heavy atom. The number of allylic oxidation sites excluding steroid dienone is 3. The fourth-order valence-corrected chi connectivity index (χ4v) is 7.52. The fourth-order valence-electron chi connectivity index (χ4n) is 4.53. The number of nitro benzene ring substituents is 1. The molecule has 11 heteroatoms. The third-order valence-electron chi connectivity index (χ3n) is 7.02. The van der Waals surface area contributed by atoms with E-state index >= 15 is 0 Å². The average molecular weight is 522 g/mol. The van der Waals surface area contributed by atoms with Crippen molar-refractivity contribution >= 4 is 19.3 Å². The largest absolute Gasteiger partial charge is 0.545 e. The molecule has 36 heavy (non-hydrogen) atoms. The van der Waals surface area contributed by atoms with E-state index in [9.17, 15) is 24.6 Å². The minimum Gasteiger partial charge on any atom is -0.545 e. The lowest BCUT2D eigenvalue weighted by Crippen LogP contribution is -2.41. The Hall–Kier alpha value is -2.52. The third-order valence-corrected chi connectivity index (χ3v) is 9.58. The standard InChI is InChI=1S/C25H35N2O8P/c1-8-13-33-14-12-26-16(2)20(23(28)29)21(18-10-9-11-19(15-18)27(30)31)22(17(26)3)36(32)34-24(4,5)25(6,7)35-36/h9-11,15,21H,8,12-14H2,1-7H3,(H,28,29)/p-1. The molecule has 1 fully saturated rings. The maximum absolute atomic E-state index is 14.5. The van der Waals surface area contributed by atoms with Crippen LogP contribution in [-0.4, -0.2) is 46.8 Å². The van der Waals surface area contributed by atoms with Crippen LogP contribution in [0.5, 0.6) is 0 Å². The van der Waals surface area contributed by atoms with E-state index in [-0.39, 0.29) is 22.1 Å². The van der Waals surface area contributed by atoms with Crippen molar-refractivity contribution in [1.82, 2.24) is 4.90 Å². The van der Waals surface area contributed by atoms with Gasteiger partial charge in [0.25, 0.3) is 5.69 Å². The molecule has 1 aromatic carbocycles.